The highest BCUT2D eigenvalue weighted by Gasteiger charge is 2.41. The molecule has 1 aromatic heterocycles. The average molecular weight is 393 g/mol. The van der Waals surface area contributed by atoms with Gasteiger partial charge in [0.25, 0.3) is 4.84 Å². The van der Waals surface area contributed by atoms with Gasteiger partial charge in [0.15, 0.2) is 12.7 Å². The van der Waals surface area contributed by atoms with E-state index in [1.165, 1.54) is 12.7 Å². The quantitative estimate of drug-likeness (QED) is 0.603. The molecule has 1 unspecified atom stereocenters. The van der Waals surface area contributed by atoms with Gasteiger partial charge in [0.1, 0.15) is 12.6 Å². The van der Waals surface area contributed by atoms with Gasteiger partial charge in [0.05, 0.1) is 7.11 Å². The molecule has 27 heavy (non-hydrogen) atoms. The van der Waals surface area contributed by atoms with E-state index in [4.69, 9.17) is 21.4 Å². The maximum absolute atomic E-state index is 12.0. The second-order valence-corrected chi connectivity index (χ2v) is 8.34. The molecular weight excluding hydrogens is 366 g/mol. The van der Waals surface area contributed by atoms with Crippen molar-refractivity contribution < 1.29 is 24.0 Å². The normalized spacial score (nSPS) is 22.8. The van der Waals surface area contributed by atoms with Gasteiger partial charge in [0, 0.05) is 12.0 Å². The zero-order valence-corrected chi connectivity index (χ0v) is 16.9. The van der Waals surface area contributed by atoms with Crippen molar-refractivity contribution in [2.75, 3.05) is 13.7 Å². The average Bonchev–Trinajstić information content (AvgIpc) is 3.17. The maximum Gasteiger partial charge on any atom is 0.364 e. The zero-order valence-electron chi connectivity index (χ0n) is 16.1. The molecule has 146 valence electrons. The molecule has 0 radical (unpaired) electrons. The molecule has 1 aromatic carbocycles. The molecule has 0 saturated carbocycles. The third kappa shape index (κ3) is 4.28. The number of aliphatic hydroxyl groups excluding tert-OH is 1. The predicted octanol–water partition coefficient (Wildman–Crippen LogP) is 1.32. The van der Waals surface area contributed by atoms with Crippen LogP contribution in [0.2, 0.25) is 0 Å². The van der Waals surface area contributed by atoms with Crippen molar-refractivity contribution in [3.63, 3.8) is 0 Å². The van der Waals surface area contributed by atoms with E-state index in [0.717, 1.165) is 10.5 Å². The van der Waals surface area contributed by atoms with Gasteiger partial charge in [-0.1, -0.05) is 32.9 Å². The SMILES string of the molecule is COC(=O)[C@@H]1C[C@H](O)C[NH+]1Cn1nc(-c2ccc(C(C)(C)C)cc2)oc1=S. The first-order valence-corrected chi connectivity index (χ1v) is 9.39. The molecule has 0 spiro atoms. The Morgan fingerprint density at radius 3 is 2.67 bits per heavy atom. The van der Waals surface area contributed by atoms with Crippen molar-refractivity contribution in [2.45, 2.75) is 51.4 Å². The Balaban J connectivity index is 1.80. The van der Waals surface area contributed by atoms with E-state index in [0.29, 0.717) is 25.5 Å². The third-order valence-corrected chi connectivity index (χ3v) is 5.24. The smallest absolute Gasteiger partial charge is 0.364 e. The van der Waals surface area contributed by atoms with Crippen LogP contribution in [-0.2, 0) is 21.6 Å². The van der Waals surface area contributed by atoms with Crippen LogP contribution >= 0.6 is 12.2 Å². The fourth-order valence-electron chi connectivity index (χ4n) is 3.37. The van der Waals surface area contributed by atoms with E-state index < -0.39 is 12.1 Å². The molecule has 0 amide bonds. The highest BCUT2D eigenvalue weighted by Crippen LogP contribution is 2.25. The Kier molecular flexibility index (Phi) is 5.50. The third-order valence-electron chi connectivity index (χ3n) is 4.94. The summed E-state index contributed by atoms with van der Waals surface area (Å²) in [4.78, 5) is 13.0. The molecule has 2 N–H and O–H groups in total. The summed E-state index contributed by atoms with van der Waals surface area (Å²) >= 11 is 5.30. The summed E-state index contributed by atoms with van der Waals surface area (Å²) in [5.41, 5.74) is 2.13. The van der Waals surface area contributed by atoms with Gasteiger partial charge in [0.2, 0.25) is 5.89 Å². The Morgan fingerprint density at radius 2 is 2.07 bits per heavy atom. The molecule has 0 bridgehead atoms. The lowest BCUT2D eigenvalue weighted by molar-refractivity contribution is -0.928. The number of carbonyl (C=O) groups excluding carboxylic acids is 1. The van der Waals surface area contributed by atoms with Gasteiger partial charge in [-0.05, 0) is 35.3 Å². The summed E-state index contributed by atoms with van der Waals surface area (Å²) in [6.45, 7) is 7.25. The van der Waals surface area contributed by atoms with Crippen molar-refractivity contribution >= 4 is 18.2 Å². The van der Waals surface area contributed by atoms with Crippen LogP contribution < -0.4 is 4.90 Å². The number of carbonyl (C=O) groups is 1. The Hall–Kier alpha value is -2.03. The van der Waals surface area contributed by atoms with E-state index in [9.17, 15) is 9.90 Å². The minimum absolute atomic E-state index is 0.0705. The molecule has 3 atom stereocenters. The number of nitrogens with one attached hydrogen (secondary N) is 1. The number of esters is 1. The van der Waals surface area contributed by atoms with E-state index in [2.05, 4.69) is 38.0 Å². The van der Waals surface area contributed by atoms with Crippen LogP contribution in [0.15, 0.2) is 28.7 Å². The summed E-state index contributed by atoms with van der Waals surface area (Å²) in [6, 6.07) is 7.62. The lowest BCUT2D eigenvalue weighted by atomic mass is 9.87. The molecular formula is C19H26N3O4S+. The molecule has 2 heterocycles. The highest BCUT2D eigenvalue weighted by atomic mass is 32.1. The molecule has 1 aliphatic heterocycles. The summed E-state index contributed by atoms with van der Waals surface area (Å²) in [6.07, 6.45) is -0.177. The molecule has 1 aliphatic rings. The summed E-state index contributed by atoms with van der Waals surface area (Å²) in [5.74, 6) is 0.101. The minimum atomic E-state index is -0.547. The number of likely N-dealkylation sites (tertiary alicyclic amines) is 1. The number of aromatic nitrogens is 2. The van der Waals surface area contributed by atoms with Gasteiger partial charge < -0.3 is 19.2 Å². The molecule has 8 heteroatoms. The molecule has 0 aliphatic carbocycles. The van der Waals surface area contributed by atoms with E-state index >= 15 is 0 Å². The van der Waals surface area contributed by atoms with Crippen LogP contribution in [0.25, 0.3) is 11.5 Å². The van der Waals surface area contributed by atoms with Crippen molar-refractivity contribution in [2.24, 2.45) is 0 Å². The Labute approximate surface area is 163 Å². The van der Waals surface area contributed by atoms with Crippen LogP contribution in [-0.4, -0.2) is 46.7 Å². The second-order valence-electron chi connectivity index (χ2n) is 7.99. The topological polar surface area (TPSA) is 81.9 Å². The number of rotatable bonds is 4. The Morgan fingerprint density at radius 1 is 1.41 bits per heavy atom. The van der Waals surface area contributed by atoms with Crippen LogP contribution in [0.3, 0.4) is 0 Å². The standard InChI is InChI=1S/C19H25N3O4S/c1-19(2,3)13-7-5-12(6-8-13)16-20-22(18(27)26-16)11-21-10-14(23)9-15(21)17(24)25-4/h5-8,14-15,23H,9-11H2,1-4H3/p+1/t14-,15-/m0/s1. The van der Waals surface area contributed by atoms with Gasteiger partial charge in [-0.25, -0.2) is 4.79 Å². The van der Waals surface area contributed by atoms with Crippen LogP contribution in [0.1, 0.15) is 32.8 Å². The van der Waals surface area contributed by atoms with Gasteiger partial charge in [-0.3, -0.25) is 0 Å². The molecule has 3 rings (SSSR count). The van der Waals surface area contributed by atoms with Crippen molar-refractivity contribution in [3.8, 4) is 11.5 Å². The van der Waals surface area contributed by atoms with Gasteiger partial charge >= 0.3 is 5.97 Å². The number of nitrogens with zero attached hydrogens (tertiary/aromatic N) is 2. The summed E-state index contributed by atoms with van der Waals surface area (Å²) < 4.78 is 12.1. The molecule has 7 nitrogen and oxygen atoms in total. The van der Waals surface area contributed by atoms with Crippen LogP contribution in [0.4, 0.5) is 0 Å². The maximum atomic E-state index is 12.0. The Bertz CT molecular complexity index is 866. The summed E-state index contributed by atoms with van der Waals surface area (Å²) in [5, 5.41) is 14.4. The first-order chi connectivity index (χ1) is 12.7. The lowest BCUT2D eigenvalue weighted by Crippen LogP contribution is -3.14. The number of benzene rings is 1. The second kappa shape index (κ2) is 7.53. The predicted molar refractivity (Wildman–Crippen MR) is 102 cm³/mol. The minimum Gasteiger partial charge on any atom is -0.465 e. The highest BCUT2D eigenvalue weighted by molar-refractivity contribution is 7.71. The van der Waals surface area contributed by atoms with E-state index in [-0.39, 0.29) is 16.2 Å². The fraction of sp³-hybridized carbons (Fsp3) is 0.526. The number of hydrogen-bond donors (Lipinski definition) is 2. The largest absolute Gasteiger partial charge is 0.465 e. The number of ether oxygens (including phenoxy) is 1. The first kappa shape index (κ1) is 19.7. The van der Waals surface area contributed by atoms with Crippen LogP contribution in [0.5, 0.6) is 0 Å². The number of methoxy groups -OCH3 is 1. The zero-order chi connectivity index (χ0) is 19.8. The monoisotopic (exact) mass is 392 g/mol. The number of hydrogen-bond acceptors (Lipinski definition) is 6. The fourth-order valence-corrected chi connectivity index (χ4v) is 3.56. The lowest BCUT2D eigenvalue weighted by Gasteiger charge is -2.18. The van der Waals surface area contributed by atoms with Crippen molar-refractivity contribution in [1.29, 1.82) is 0 Å². The van der Waals surface area contributed by atoms with Crippen molar-refractivity contribution in [1.82, 2.24) is 9.78 Å². The van der Waals surface area contributed by atoms with Gasteiger partial charge in [-0.2, -0.15) is 4.68 Å². The van der Waals surface area contributed by atoms with Crippen molar-refractivity contribution in [3.05, 3.63) is 34.7 Å². The number of quaternary nitrogens is 1. The molecule has 1 saturated heterocycles. The van der Waals surface area contributed by atoms with E-state index in [1.807, 2.05) is 12.1 Å². The molecule has 2 aromatic rings. The first-order valence-electron chi connectivity index (χ1n) is 8.98. The van der Waals surface area contributed by atoms with E-state index in [1.54, 1.807) is 4.68 Å². The van der Waals surface area contributed by atoms with Crippen LogP contribution in [0, 0.1) is 4.84 Å². The summed E-state index contributed by atoms with van der Waals surface area (Å²) in [7, 11) is 1.35. The number of aliphatic hydroxyl groups is 1. The molecule has 1 fully saturated rings. The van der Waals surface area contributed by atoms with Gasteiger partial charge in [-0.15, -0.1) is 5.10 Å².